The lowest BCUT2D eigenvalue weighted by Gasteiger charge is -2.20. The summed E-state index contributed by atoms with van der Waals surface area (Å²) in [5.74, 6) is -0.615. The molecule has 0 atom stereocenters. The molecule has 3 rings (SSSR count). The van der Waals surface area contributed by atoms with Crippen molar-refractivity contribution in [1.29, 1.82) is 0 Å². The minimum Gasteiger partial charge on any atom is -0.464 e. The first kappa shape index (κ1) is 20.2. The first-order valence-electron chi connectivity index (χ1n) is 8.49. The first-order valence-corrected chi connectivity index (χ1v) is 9.68. The van der Waals surface area contributed by atoms with Crippen molar-refractivity contribution in [2.75, 3.05) is 12.4 Å². The summed E-state index contributed by atoms with van der Waals surface area (Å²) >= 11 is 7.24. The summed E-state index contributed by atoms with van der Waals surface area (Å²) in [7, 11) is 1.27. The van der Waals surface area contributed by atoms with Gasteiger partial charge in [0.25, 0.3) is 0 Å². The number of hydrogen-bond acceptors (Lipinski definition) is 7. The number of methoxy groups -OCH3 is 1. The van der Waals surface area contributed by atoms with Gasteiger partial charge in [-0.15, -0.1) is 11.3 Å². The molecule has 0 aliphatic heterocycles. The summed E-state index contributed by atoms with van der Waals surface area (Å²) in [6, 6.07) is 7.09. The Bertz CT molecular complexity index is 1040. The largest absolute Gasteiger partial charge is 0.464 e. The predicted octanol–water partition coefficient (Wildman–Crippen LogP) is 4.93. The Morgan fingerprint density at radius 3 is 2.64 bits per heavy atom. The predicted molar refractivity (Wildman–Crippen MR) is 109 cm³/mol. The molecule has 2 aromatic heterocycles. The Balaban J connectivity index is 1.98. The van der Waals surface area contributed by atoms with Crippen LogP contribution in [0.15, 0.2) is 30.5 Å². The minimum atomic E-state index is -0.706. The van der Waals surface area contributed by atoms with Crippen molar-refractivity contribution in [3.63, 3.8) is 0 Å². The monoisotopic (exact) mass is 421 g/mol. The summed E-state index contributed by atoms with van der Waals surface area (Å²) in [5.41, 5.74) is 0.721. The van der Waals surface area contributed by atoms with Crippen molar-refractivity contribution >= 4 is 51.6 Å². The van der Waals surface area contributed by atoms with Crippen LogP contribution in [0.2, 0.25) is 4.47 Å². The van der Waals surface area contributed by atoms with Crippen molar-refractivity contribution in [3.8, 4) is 0 Å². The number of fused-ring (bicyclic) bond motifs is 1. The van der Waals surface area contributed by atoms with Crippen LogP contribution in [0, 0.1) is 0 Å². The summed E-state index contributed by atoms with van der Waals surface area (Å²) in [6.45, 7) is 5.83. The van der Waals surface area contributed by atoms with Gasteiger partial charge >= 0.3 is 12.1 Å². The van der Waals surface area contributed by atoms with Crippen LogP contribution >= 0.6 is 22.9 Å². The van der Waals surface area contributed by atoms with E-state index >= 15 is 0 Å². The van der Waals surface area contributed by atoms with E-state index in [9.17, 15) is 9.59 Å². The first-order chi connectivity index (χ1) is 13.2. The Labute approximate surface area is 171 Å². The van der Waals surface area contributed by atoms with Crippen LogP contribution in [0.25, 0.3) is 10.9 Å². The van der Waals surface area contributed by atoms with Crippen molar-refractivity contribution in [3.05, 3.63) is 45.5 Å². The smallest absolute Gasteiger partial charge is 0.419 e. The van der Waals surface area contributed by atoms with E-state index in [0.717, 1.165) is 16.0 Å². The highest BCUT2D eigenvalue weighted by atomic mass is 35.5. The van der Waals surface area contributed by atoms with Crippen LogP contribution < -0.4 is 5.32 Å². The second kappa shape index (κ2) is 7.81. The highest BCUT2D eigenvalue weighted by Crippen LogP contribution is 2.26. The SMILES string of the molecule is COC(=O)c1cc2ccc(NCc3cnc(Cl)s3)cc2n1C(=O)OC(C)(C)C. The number of ether oxygens (including phenoxy) is 2. The molecule has 28 heavy (non-hydrogen) atoms. The molecule has 7 nitrogen and oxygen atoms in total. The van der Waals surface area contributed by atoms with Crippen molar-refractivity contribution < 1.29 is 19.1 Å². The summed E-state index contributed by atoms with van der Waals surface area (Å²) in [6.07, 6.45) is 1.06. The molecule has 9 heteroatoms. The van der Waals surface area contributed by atoms with E-state index in [4.69, 9.17) is 21.1 Å². The lowest BCUT2D eigenvalue weighted by atomic mass is 10.2. The second-order valence-corrected chi connectivity index (χ2v) is 8.74. The van der Waals surface area contributed by atoms with Gasteiger partial charge in [-0.05, 0) is 39.0 Å². The van der Waals surface area contributed by atoms with Crippen LogP contribution in [0.1, 0.15) is 36.1 Å². The average Bonchev–Trinajstić information content (AvgIpc) is 3.20. The number of anilines is 1. The van der Waals surface area contributed by atoms with Gasteiger partial charge in [0, 0.05) is 22.1 Å². The van der Waals surface area contributed by atoms with E-state index in [1.807, 2.05) is 12.1 Å². The molecule has 1 aromatic carbocycles. The number of carbonyl (C=O) groups excluding carboxylic acids is 2. The molecule has 0 bridgehead atoms. The molecule has 0 fully saturated rings. The number of aromatic nitrogens is 2. The van der Waals surface area contributed by atoms with Gasteiger partial charge in [-0.25, -0.2) is 19.1 Å². The molecular weight excluding hydrogens is 402 g/mol. The lowest BCUT2D eigenvalue weighted by molar-refractivity contribution is 0.0490. The molecule has 0 amide bonds. The quantitative estimate of drug-likeness (QED) is 0.601. The minimum absolute atomic E-state index is 0.109. The lowest BCUT2D eigenvalue weighted by Crippen LogP contribution is -2.29. The average molecular weight is 422 g/mol. The maximum Gasteiger partial charge on any atom is 0.419 e. The standard InChI is InChI=1S/C19H20ClN3O4S/c1-19(2,3)27-18(25)23-14-8-12(21-9-13-10-22-17(20)28-13)6-5-11(14)7-15(23)16(24)26-4/h5-8,10,21H,9H2,1-4H3. The molecule has 0 saturated heterocycles. The van der Waals surface area contributed by atoms with Gasteiger partial charge in [0.2, 0.25) is 0 Å². The zero-order valence-corrected chi connectivity index (χ0v) is 17.5. The van der Waals surface area contributed by atoms with E-state index in [2.05, 4.69) is 10.3 Å². The van der Waals surface area contributed by atoms with Gasteiger partial charge in [-0.1, -0.05) is 17.7 Å². The Hall–Kier alpha value is -2.58. The number of halogens is 1. The third-order valence-electron chi connectivity index (χ3n) is 3.77. The maximum atomic E-state index is 12.8. The molecule has 0 radical (unpaired) electrons. The van der Waals surface area contributed by atoms with E-state index in [1.165, 1.54) is 23.0 Å². The number of esters is 1. The number of hydrogen-bond donors (Lipinski definition) is 1. The van der Waals surface area contributed by atoms with Crippen LogP contribution in [0.3, 0.4) is 0 Å². The van der Waals surface area contributed by atoms with E-state index in [-0.39, 0.29) is 5.69 Å². The van der Waals surface area contributed by atoms with Gasteiger partial charge in [0.05, 0.1) is 19.2 Å². The van der Waals surface area contributed by atoms with Gasteiger partial charge in [0.1, 0.15) is 11.3 Å². The molecule has 1 N–H and O–H groups in total. The van der Waals surface area contributed by atoms with Crippen LogP contribution in [0.4, 0.5) is 10.5 Å². The molecule has 0 saturated carbocycles. The van der Waals surface area contributed by atoms with Crippen LogP contribution in [-0.2, 0) is 16.0 Å². The normalized spacial score (nSPS) is 11.5. The van der Waals surface area contributed by atoms with E-state index < -0.39 is 17.7 Å². The number of nitrogens with one attached hydrogen (secondary N) is 1. The fourth-order valence-electron chi connectivity index (χ4n) is 2.62. The zero-order chi connectivity index (χ0) is 20.5. The Morgan fingerprint density at radius 1 is 1.29 bits per heavy atom. The topological polar surface area (TPSA) is 82.5 Å². The molecule has 148 valence electrons. The summed E-state index contributed by atoms with van der Waals surface area (Å²) in [5, 5.41) is 3.98. The molecule has 0 aliphatic rings. The van der Waals surface area contributed by atoms with Gasteiger partial charge < -0.3 is 14.8 Å². The highest BCUT2D eigenvalue weighted by Gasteiger charge is 2.25. The third-order valence-corrected chi connectivity index (χ3v) is 4.88. The second-order valence-electron chi connectivity index (χ2n) is 7.04. The molecule has 0 spiro atoms. The molecule has 3 aromatic rings. The zero-order valence-electron chi connectivity index (χ0n) is 15.9. The molecule has 0 aliphatic carbocycles. The third kappa shape index (κ3) is 4.45. The Morgan fingerprint density at radius 2 is 2.04 bits per heavy atom. The number of benzene rings is 1. The van der Waals surface area contributed by atoms with Crippen LogP contribution in [-0.4, -0.2) is 34.3 Å². The van der Waals surface area contributed by atoms with Crippen LogP contribution in [0.5, 0.6) is 0 Å². The van der Waals surface area contributed by atoms with Gasteiger partial charge in [-0.2, -0.15) is 0 Å². The summed E-state index contributed by atoms with van der Waals surface area (Å²) in [4.78, 5) is 29.9. The summed E-state index contributed by atoms with van der Waals surface area (Å²) < 4.78 is 12.0. The molecular formula is C19H20ClN3O4S. The fraction of sp³-hybridized carbons (Fsp3) is 0.316. The number of rotatable bonds is 4. The number of thiazole rings is 1. The maximum absolute atomic E-state index is 12.8. The van der Waals surface area contributed by atoms with Crippen molar-refractivity contribution in [2.45, 2.75) is 32.9 Å². The Kier molecular flexibility index (Phi) is 5.62. The molecule has 0 unspecified atom stereocenters. The number of nitrogens with zero attached hydrogens (tertiary/aromatic N) is 2. The fourth-order valence-corrected chi connectivity index (χ4v) is 3.54. The van der Waals surface area contributed by atoms with Crippen molar-refractivity contribution in [2.24, 2.45) is 0 Å². The van der Waals surface area contributed by atoms with E-state index in [1.54, 1.807) is 39.1 Å². The van der Waals surface area contributed by atoms with Crippen molar-refractivity contribution in [1.82, 2.24) is 9.55 Å². The highest BCUT2D eigenvalue weighted by molar-refractivity contribution is 7.15. The van der Waals surface area contributed by atoms with Gasteiger partial charge in [-0.3, -0.25) is 0 Å². The number of carbonyl (C=O) groups is 2. The van der Waals surface area contributed by atoms with Gasteiger partial charge in [0.15, 0.2) is 4.47 Å². The molecule has 2 heterocycles. The van der Waals surface area contributed by atoms with E-state index in [0.29, 0.717) is 16.5 Å².